The van der Waals surface area contributed by atoms with E-state index in [9.17, 15) is 18.3 Å². The Morgan fingerprint density at radius 3 is 2.74 bits per heavy atom. The number of rotatable bonds is 5. The molecule has 0 atom stereocenters. The normalized spacial score (nSPS) is 10.7. The Balaban J connectivity index is 2.84. The van der Waals surface area contributed by atoms with Gasteiger partial charge >= 0.3 is 0 Å². The van der Waals surface area contributed by atoms with E-state index in [0.29, 0.717) is 0 Å². The second-order valence-corrected chi connectivity index (χ2v) is 5.82. The SMILES string of the molecule is C#CCNCC(=O)Nc1cc(S(C)(=O)=O)ccc1O. The monoisotopic (exact) mass is 282 g/mol. The molecule has 102 valence electrons. The summed E-state index contributed by atoms with van der Waals surface area (Å²) in [5.74, 6) is 1.66. The number of phenolic OH excluding ortho intramolecular Hbond substituents is 1. The van der Waals surface area contributed by atoms with Crippen LogP contribution in [0.25, 0.3) is 0 Å². The van der Waals surface area contributed by atoms with Gasteiger partial charge in [0.25, 0.3) is 0 Å². The number of carbonyl (C=O) groups excluding carboxylic acids is 1. The number of nitrogens with one attached hydrogen (secondary N) is 2. The van der Waals surface area contributed by atoms with Gasteiger partial charge in [0.05, 0.1) is 23.7 Å². The van der Waals surface area contributed by atoms with Crippen molar-refractivity contribution in [3.05, 3.63) is 18.2 Å². The van der Waals surface area contributed by atoms with Crippen LogP contribution in [0.1, 0.15) is 0 Å². The number of sulfone groups is 1. The lowest BCUT2D eigenvalue weighted by atomic mass is 10.3. The van der Waals surface area contributed by atoms with Gasteiger partial charge in [0.15, 0.2) is 9.84 Å². The zero-order valence-electron chi connectivity index (χ0n) is 10.3. The van der Waals surface area contributed by atoms with Crippen molar-refractivity contribution in [2.75, 3.05) is 24.7 Å². The van der Waals surface area contributed by atoms with Crippen LogP contribution < -0.4 is 10.6 Å². The van der Waals surface area contributed by atoms with Crippen molar-refractivity contribution in [2.45, 2.75) is 4.90 Å². The van der Waals surface area contributed by atoms with E-state index < -0.39 is 15.7 Å². The maximum absolute atomic E-state index is 11.5. The third kappa shape index (κ3) is 4.62. The van der Waals surface area contributed by atoms with Crippen LogP contribution in [-0.4, -0.2) is 38.8 Å². The Morgan fingerprint density at radius 2 is 2.16 bits per heavy atom. The molecule has 1 aromatic rings. The Bertz CT molecular complexity index is 617. The fourth-order valence-electron chi connectivity index (χ4n) is 1.29. The number of hydrogen-bond acceptors (Lipinski definition) is 5. The largest absolute Gasteiger partial charge is 0.506 e. The standard InChI is InChI=1S/C12H14N2O4S/c1-3-6-13-8-12(16)14-10-7-9(19(2,17)18)4-5-11(10)15/h1,4-5,7,13,15H,6,8H2,2H3,(H,14,16). The summed E-state index contributed by atoms with van der Waals surface area (Å²) in [6.45, 7) is 0.204. The minimum absolute atomic E-state index is 0.0113. The molecule has 0 radical (unpaired) electrons. The van der Waals surface area contributed by atoms with Crippen LogP contribution in [-0.2, 0) is 14.6 Å². The maximum Gasteiger partial charge on any atom is 0.238 e. The molecule has 0 heterocycles. The fourth-order valence-corrected chi connectivity index (χ4v) is 1.94. The Kier molecular flexibility index (Phi) is 4.92. The summed E-state index contributed by atoms with van der Waals surface area (Å²) in [4.78, 5) is 11.5. The molecule has 3 N–H and O–H groups in total. The summed E-state index contributed by atoms with van der Waals surface area (Å²) in [7, 11) is -3.40. The summed E-state index contributed by atoms with van der Waals surface area (Å²) in [6.07, 6.45) is 6.05. The van der Waals surface area contributed by atoms with Crippen molar-refractivity contribution in [3.8, 4) is 18.1 Å². The van der Waals surface area contributed by atoms with Crippen molar-refractivity contribution < 1.29 is 18.3 Å². The van der Waals surface area contributed by atoms with E-state index in [2.05, 4.69) is 16.6 Å². The van der Waals surface area contributed by atoms with Crippen LogP contribution in [0.5, 0.6) is 5.75 Å². The second kappa shape index (κ2) is 6.22. The molecule has 0 aliphatic carbocycles. The average Bonchev–Trinajstić information content (AvgIpc) is 2.31. The highest BCUT2D eigenvalue weighted by atomic mass is 32.2. The van der Waals surface area contributed by atoms with E-state index >= 15 is 0 Å². The predicted octanol–water partition coefficient (Wildman–Crippen LogP) is -0.0430. The third-order valence-electron chi connectivity index (χ3n) is 2.18. The van der Waals surface area contributed by atoms with Crippen LogP contribution in [0.3, 0.4) is 0 Å². The molecule has 19 heavy (non-hydrogen) atoms. The maximum atomic E-state index is 11.5. The molecule has 0 bridgehead atoms. The van der Waals surface area contributed by atoms with Gasteiger partial charge in [-0.25, -0.2) is 8.42 Å². The number of benzene rings is 1. The van der Waals surface area contributed by atoms with Gasteiger partial charge in [-0.2, -0.15) is 0 Å². The number of hydrogen-bond donors (Lipinski definition) is 3. The highest BCUT2D eigenvalue weighted by Crippen LogP contribution is 2.26. The van der Waals surface area contributed by atoms with Crippen LogP contribution >= 0.6 is 0 Å². The first kappa shape index (κ1) is 15.0. The molecule has 0 aromatic heterocycles. The van der Waals surface area contributed by atoms with Crippen molar-refractivity contribution in [1.29, 1.82) is 0 Å². The van der Waals surface area contributed by atoms with Gasteiger partial charge < -0.3 is 10.4 Å². The lowest BCUT2D eigenvalue weighted by Crippen LogP contribution is -2.28. The van der Waals surface area contributed by atoms with Crippen molar-refractivity contribution in [3.63, 3.8) is 0 Å². The van der Waals surface area contributed by atoms with Gasteiger partial charge in [0, 0.05) is 6.26 Å². The molecule has 0 saturated heterocycles. The second-order valence-electron chi connectivity index (χ2n) is 3.81. The Hall–Kier alpha value is -2.04. The third-order valence-corrected chi connectivity index (χ3v) is 3.29. The smallest absolute Gasteiger partial charge is 0.238 e. The van der Waals surface area contributed by atoms with E-state index in [1.54, 1.807) is 0 Å². The van der Waals surface area contributed by atoms with Gasteiger partial charge in [-0.15, -0.1) is 6.42 Å². The molecule has 0 unspecified atom stereocenters. The van der Waals surface area contributed by atoms with Crippen molar-refractivity contribution in [2.24, 2.45) is 0 Å². The molecule has 0 spiro atoms. The number of terminal acetylenes is 1. The van der Waals surface area contributed by atoms with Crippen LogP contribution in [0, 0.1) is 12.3 Å². The minimum Gasteiger partial charge on any atom is -0.506 e. The molecule has 7 heteroatoms. The molecule has 0 aliphatic rings. The van der Waals surface area contributed by atoms with Crippen molar-refractivity contribution >= 4 is 21.4 Å². The summed E-state index contributed by atoms with van der Waals surface area (Å²) < 4.78 is 22.7. The quantitative estimate of drug-likeness (QED) is 0.400. The predicted molar refractivity (Wildman–Crippen MR) is 71.5 cm³/mol. The molecule has 0 saturated carbocycles. The lowest BCUT2D eigenvalue weighted by Gasteiger charge is -2.09. The Labute approximate surface area is 111 Å². The molecular formula is C12H14N2O4S. The molecule has 1 rings (SSSR count). The minimum atomic E-state index is -3.40. The van der Waals surface area contributed by atoms with Gasteiger partial charge in [-0.05, 0) is 18.2 Å². The molecule has 1 amide bonds. The summed E-state index contributed by atoms with van der Waals surface area (Å²) in [5, 5.41) is 14.6. The Morgan fingerprint density at radius 1 is 1.47 bits per heavy atom. The molecular weight excluding hydrogens is 268 g/mol. The van der Waals surface area contributed by atoms with E-state index in [1.165, 1.54) is 18.2 Å². The average molecular weight is 282 g/mol. The fraction of sp³-hybridized carbons (Fsp3) is 0.250. The van der Waals surface area contributed by atoms with E-state index in [-0.39, 0.29) is 29.4 Å². The zero-order valence-corrected chi connectivity index (χ0v) is 11.1. The lowest BCUT2D eigenvalue weighted by molar-refractivity contribution is -0.115. The first-order chi connectivity index (χ1) is 8.84. The summed E-state index contributed by atoms with van der Waals surface area (Å²) >= 11 is 0. The van der Waals surface area contributed by atoms with Crippen LogP contribution in [0.15, 0.2) is 23.1 Å². The highest BCUT2D eigenvalue weighted by Gasteiger charge is 2.12. The highest BCUT2D eigenvalue weighted by molar-refractivity contribution is 7.90. The number of amides is 1. The van der Waals surface area contributed by atoms with E-state index in [0.717, 1.165) is 6.26 Å². The van der Waals surface area contributed by atoms with Gasteiger partial charge in [-0.1, -0.05) is 5.92 Å². The van der Waals surface area contributed by atoms with Gasteiger partial charge in [0.2, 0.25) is 5.91 Å². The van der Waals surface area contributed by atoms with E-state index in [1.807, 2.05) is 0 Å². The molecule has 0 fully saturated rings. The first-order valence-electron chi connectivity index (χ1n) is 5.31. The topological polar surface area (TPSA) is 95.5 Å². The summed E-state index contributed by atoms with van der Waals surface area (Å²) in [5.41, 5.74) is 0.0374. The zero-order chi connectivity index (χ0) is 14.5. The number of phenols is 1. The molecule has 1 aromatic carbocycles. The van der Waals surface area contributed by atoms with Crippen LogP contribution in [0.2, 0.25) is 0 Å². The molecule has 6 nitrogen and oxygen atoms in total. The molecule has 0 aliphatic heterocycles. The number of carbonyl (C=O) groups is 1. The number of aromatic hydroxyl groups is 1. The van der Waals surface area contributed by atoms with Crippen molar-refractivity contribution in [1.82, 2.24) is 5.32 Å². The summed E-state index contributed by atoms with van der Waals surface area (Å²) in [6, 6.07) is 3.67. The number of anilines is 1. The van der Waals surface area contributed by atoms with Gasteiger partial charge in [-0.3, -0.25) is 10.1 Å². The van der Waals surface area contributed by atoms with Crippen LogP contribution in [0.4, 0.5) is 5.69 Å². The van der Waals surface area contributed by atoms with E-state index in [4.69, 9.17) is 6.42 Å². The van der Waals surface area contributed by atoms with Gasteiger partial charge in [0.1, 0.15) is 5.75 Å². The first-order valence-corrected chi connectivity index (χ1v) is 7.21.